The van der Waals surface area contributed by atoms with Crippen LogP contribution in [0.3, 0.4) is 0 Å². The molecule has 8 heteroatoms. The first-order valence-corrected chi connectivity index (χ1v) is 9.04. The number of nitrogens with one attached hydrogen (secondary N) is 2. The van der Waals surface area contributed by atoms with Crippen molar-refractivity contribution in [3.05, 3.63) is 57.6 Å². The monoisotopic (exact) mass is 408 g/mol. The van der Waals surface area contributed by atoms with E-state index in [1.54, 1.807) is 25.3 Å². The Labute approximate surface area is 166 Å². The number of carbonyl (C=O) groups is 2. The summed E-state index contributed by atoms with van der Waals surface area (Å²) in [6.07, 6.45) is 0.271. The van der Waals surface area contributed by atoms with Crippen LogP contribution in [0.1, 0.15) is 23.6 Å². The number of para-hydroxylation sites is 1. The second kappa shape index (κ2) is 8.06. The number of ether oxygens (including phenoxy) is 1. The van der Waals surface area contributed by atoms with E-state index in [1.807, 2.05) is 18.2 Å². The number of hydrogen-bond donors (Lipinski definition) is 3. The molecule has 1 heterocycles. The van der Waals surface area contributed by atoms with Crippen molar-refractivity contribution < 1.29 is 19.4 Å². The van der Waals surface area contributed by atoms with Crippen molar-refractivity contribution in [1.82, 2.24) is 5.32 Å². The number of carboxylic acid groups (broad SMARTS) is 1. The van der Waals surface area contributed by atoms with Gasteiger partial charge in [-0.05, 0) is 18.2 Å². The number of fused-ring (bicyclic) bond motifs is 1. The molecular weight excluding hydrogens is 391 g/mol. The van der Waals surface area contributed by atoms with Gasteiger partial charge in [-0.2, -0.15) is 0 Å². The van der Waals surface area contributed by atoms with E-state index < -0.39 is 18.1 Å². The van der Waals surface area contributed by atoms with Gasteiger partial charge in [-0.15, -0.1) is 0 Å². The molecule has 0 bridgehead atoms. The zero-order valence-electron chi connectivity index (χ0n) is 14.5. The molecule has 2 atom stereocenters. The van der Waals surface area contributed by atoms with E-state index in [2.05, 4.69) is 10.6 Å². The molecule has 2 unspecified atom stereocenters. The summed E-state index contributed by atoms with van der Waals surface area (Å²) in [4.78, 5) is 24.1. The van der Waals surface area contributed by atoms with Crippen LogP contribution in [0.4, 0.5) is 5.69 Å². The summed E-state index contributed by atoms with van der Waals surface area (Å²) in [6.45, 7) is 0. The molecule has 0 fully saturated rings. The molecule has 1 amide bonds. The van der Waals surface area contributed by atoms with Crippen LogP contribution in [0.5, 0.6) is 5.75 Å². The van der Waals surface area contributed by atoms with Crippen molar-refractivity contribution in [3.63, 3.8) is 0 Å². The number of rotatable bonds is 5. The van der Waals surface area contributed by atoms with Gasteiger partial charge in [0.05, 0.1) is 19.6 Å². The first-order chi connectivity index (χ1) is 12.9. The van der Waals surface area contributed by atoms with E-state index in [9.17, 15) is 14.7 Å². The second-order valence-corrected chi connectivity index (χ2v) is 7.07. The van der Waals surface area contributed by atoms with E-state index >= 15 is 0 Å². The lowest BCUT2D eigenvalue weighted by Crippen LogP contribution is -2.41. The maximum Gasteiger partial charge on any atom is 0.326 e. The number of carbonyl (C=O) groups excluding carboxylic acids is 1. The van der Waals surface area contributed by atoms with Gasteiger partial charge in [0.1, 0.15) is 11.8 Å². The van der Waals surface area contributed by atoms with Crippen molar-refractivity contribution in [2.75, 3.05) is 12.4 Å². The van der Waals surface area contributed by atoms with Gasteiger partial charge in [-0.1, -0.05) is 41.4 Å². The third-order valence-electron chi connectivity index (χ3n) is 4.42. The van der Waals surface area contributed by atoms with E-state index in [0.29, 0.717) is 27.0 Å². The van der Waals surface area contributed by atoms with Gasteiger partial charge < -0.3 is 20.5 Å². The van der Waals surface area contributed by atoms with E-state index in [0.717, 1.165) is 5.56 Å². The van der Waals surface area contributed by atoms with Gasteiger partial charge in [-0.25, -0.2) is 4.79 Å². The second-order valence-electron chi connectivity index (χ2n) is 6.23. The maximum atomic E-state index is 12.6. The lowest BCUT2D eigenvalue weighted by atomic mass is 9.92. The molecule has 142 valence electrons. The number of hydrogen-bond acceptors (Lipinski definition) is 4. The Morgan fingerprint density at radius 2 is 2.04 bits per heavy atom. The van der Waals surface area contributed by atoms with E-state index in [4.69, 9.17) is 27.9 Å². The molecule has 3 rings (SSSR count). The molecule has 0 aromatic heterocycles. The maximum absolute atomic E-state index is 12.6. The van der Waals surface area contributed by atoms with Crippen LogP contribution in [-0.2, 0) is 16.0 Å². The summed E-state index contributed by atoms with van der Waals surface area (Å²) in [5.74, 6) is -0.653. The molecule has 1 aliphatic rings. The molecule has 27 heavy (non-hydrogen) atoms. The highest BCUT2D eigenvalue weighted by Gasteiger charge is 2.33. The Hall–Kier alpha value is -2.44. The Bertz CT molecular complexity index is 888. The standard InChI is InChI=1S/C19H18Cl2N2O4/c1-27-16-5-3-2-4-10(16)6-17(24)23-14-9-15(19(25)26)22-13-8-11(20)7-12(21)18(13)14/h2-5,7-8,14-15,22H,6,9H2,1H3,(H,23,24)(H,25,26). The smallest absolute Gasteiger partial charge is 0.326 e. The Kier molecular flexibility index (Phi) is 5.77. The van der Waals surface area contributed by atoms with E-state index in [-0.39, 0.29) is 18.7 Å². The summed E-state index contributed by atoms with van der Waals surface area (Å²) in [7, 11) is 1.54. The van der Waals surface area contributed by atoms with Gasteiger partial charge >= 0.3 is 5.97 Å². The Morgan fingerprint density at radius 3 is 2.74 bits per heavy atom. The van der Waals surface area contributed by atoms with Crippen molar-refractivity contribution in [1.29, 1.82) is 0 Å². The van der Waals surface area contributed by atoms with Crippen molar-refractivity contribution in [3.8, 4) is 5.75 Å². The van der Waals surface area contributed by atoms with Crippen molar-refractivity contribution in [2.45, 2.75) is 24.9 Å². The van der Waals surface area contributed by atoms with Gasteiger partial charge in [0.25, 0.3) is 0 Å². The zero-order chi connectivity index (χ0) is 19.6. The summed E-state index contributed by atoms with van der Waals surface area (Å²) in [5, 5.41) is 16.0. The highest BCUT2D eigenvalue weighted by Crippen LogP contribution is 2.40. The van der Waals surface area contributed by atoms with Crippen molar-refractivity contribution in [2.24, 2.45) is 0 Å². The highest BCUT2D eigenvalue weighted by atomic mass is 35.5. The van der Waals surface area contributed by atoms with Gasteiger partial charge in [0.15, 0.2) is 0 Å². The first-order valence-electron chi connectivity index (χ1n) is 8.28. The van der Waals surface area contributed by atoms with Crippen LogP contribution in [0.15, 0.2) is 36.4 Å². The van der Waals surface area contributed by atoms with Gasteiger partial charge in [0, 0.05) is 33.3 Å². The minimum absolute atomic E-state index is 0.103. The fourth-order valence-electron chi connectivity index (χ4n) is 3.22. The number of aliphatic carboxylic acids is 1. The number of halogens is 2. The predicted molar refractivity (Wildman–Crippen MR) is 104 cm³/mol. The lowest BCUT2D eigenvalue weighted by Gasteiger charge is -2.32. The molecule has 6 nitrogen and oxygen atoms in total. The summed E-state index contributed by atoms with van der Waals surface area (Å²) < 4.78 is 5.27. The summed E-state index contributed by atoms with van der Waals surface area (Å²) >= 11 is 12.3. The number of carboxylic acids is 1. The fourth-order valence-corrected chi connectivity index (χ4v) is 3.84. The zero-order valence-corrected chi connectivity index (χ0v) is 16.0. The first kappa shape index (κ1) is 19.3. The summed E-state index contributed by atoms with van der Waals surface area (Å²) in [5.41, 5.74) is 1.88. The number of anilines is 1. The minimum Gasteiger partial charge on any atom is -0.496 e. The molecule has 1 aliphatic heterocycles. The largest absolute Gasteiger partial charge is 0.496 e. The van der Waals surface area contributed by atoms with Crippen LogP contribution in [-0.4, -0.2) is 30.1 Å². The number of benzene rings is 2. The van der Waals surface area contributed by atoms with Crippen LogP contribution < -0.4 is 15.4 Å². The molecule has 0 radical (unpaired) electrons. The van der Waals surface area contributed by atoms with Crippen molar-refractivity contribution >= 4 is 40.8 Å². The Balaban J connectivity index is 1.85. The van der Waals surface area contributed by atoms with Gasteiger partial charge in [-0.3, -0.25) is 4.79 Å². The van der Waals surface area contributed by atoms with Crippen LogP contribution in [0.25, 0.3) is 0 Å². The molecule has 0 aliphatic carbocycles. The molecule has 2 aromatic carbocycles. The molecule has 0 saturated carbocycles. The SMILES string of the molecule is COc1ccccc1CC(=O)NC1CC(C(=O)O)Nc2cc(Cl)cc(Cl)c21. The third kappa shape index (κ3) is 4.28. The fraction of sp³-hybridized carbons (Fsp3) is 0.263. The van der Waals surface area contributed by atoms with Crippen LogP contribution >= 0.6 is 23.2 Å². The number of methoxy groups -OCH3 is 1. The molecule has 2 aromatic rings. The van der Waals surface area contributed by atoms with E-state index in [1.165, 1.54) is 0 Å². The average Bonchev–Trinajstić information content (AvgIpc) is 2.61. The quantitative estimate of drug-likeness (QED) is 0.702. The average molecular weight is 409 g/mol. The topological polar surface area (TPSA) is 87.7 Å². The summed E-state index contributed by atoms with van der Waals surface area (Å²) in [6, 6.07) is 9.01. The minimum atomic E-state index is -1.01. The highest BCUT2D eigenvalue weighted by molar-refractivity contribution is 6.35. The lowest BCUT2D eigenvalue weighted by molar-refractivity contribution is -0.138. The van der Waals surface area contributed by atoms with Crippen LogP contribution in [0, 0.1) is 0 Å². The number of amides is 1. The van der Waals surface area contributed by atoms with Crippen LogP contribution in [0.2, 0.25) is 10.0 Å². The molecule has 3 N–H and O–H groups in total. The Morgan fingerprint density at radius 1 is 1.30 bits per heavy atom. The predicted octanol–water partition coefficient (Wildman–Crippen LogP) is 3.67. The molecule has 0 saturated heterocycles. The normalized spacial score (nSPS) is 18.2. The van der Waals surface area contributed by atoms with Gasteiger partial charge in [0.2, 0.25) is 5.91 Å². The molecular formula is C19H18Cl2N2O4. The molecule has 0 spiro atoms. The third-order valence-corrected chi connectivity index (χ3v) is 4.95.